The van der Waals surface area contributed by atoms with Crippen LogP contribution in [0.4, 0.5) is 0 Å². The van der Waals surface area contributed by atoms with Gasteiger partial charge in [-0.3, -0.25) is 37.3 Å². The molecular formula is C89H138O17P2. The van der Waals surface area contributed by atoms with Crippen molar-refractivity contribution >= 4 is 39.5 Å². The highest BCUT2D eigenvalue weighted by molar-refractivity contribution is 7.47. The van der Waals surface area contributed by atoms with Gasteiger partial charge in [0.25, 0.3) is 0 Å². The minimum atomic E-state index is -5.03. The summed E-state index contributed by atoms with van der Waals surface area (Å²) >= 11 is 0. The molecule has 5 atom stereocenters. The van der Waals surface area contributed by atoms with E-state index in [1.807, 2.05) is 30.4 Å². The molecule has 0 aromatic rings. The van der Waals surface area contributed by atoms with Gasteiger partial charge in [-0.05, 0) is 161 Å². The molecular weight excluding hydrogens is 1400 g/mol. The number of aliphatic hydroxyl groups is 1. The standard InChI is InChI=1S/C89H138O17P2/c1-5-9-13-17-21-25-29-33-37-40-41-44-47-50-54-58-62-66-70-74-87(92)100-79-84(105-88(93)75-71-67-63-59-55-51-45-36-32-28-24-20-16-12-8-4)81-103-107(95,96)101-77-83(90)78-102-108(97,98)104-82-85(106-89(94)76-72-68-64-60-56-52-48-43-39-35-31-27-23-19-15-11-7-3)80-99-86(91)73-69-65-61-57-53-49-46-42-38-34-30-26-22-18-14-10-6-2/h9-16,21-28,33-39,41,44-46,49-50,54-55,59,62,66-67,71,83-85,90H,5-8,17-20,29-32,40,42-43,47-48,51-53,56-58,60-61,63-65,68-70,72-82H2,1-4H3,(H,95,96)(H,97,98)/b13-9-,14-10-,15-11-,16-12-,25-21-,26-22-,27-23-,28-24-,37-33-,38-34-,39-35-,44-41-,45-36-,49-46-,54-50-,59-55-,66-62-,71-67-. The highest BCUT2D eigenvalue weighted by atomic mass is 31.2. The lowest BCUT2D eigenvalue weighted by molar-refractivity contribution is -0.161. The molecule has 0 bridgehead atoms. The van der Waals surface area contributed by atoms with E-state index in [2.05, 4.69) is 204 Å². The first-order valence-electron chi connectivity index (χ1n) is 40.0. The minimum Gasteiger partial charge on any atom is -0.462 e. The largest absolute Gasteiger partial charge is 0.472 e. The summed E-state index contributed by atoms with van der Waals surface area (Å²) in [5, 5.41) is 10.6. The second-order valence-corrected chi connectivity index (χ2v) is 28.4. The normalized spacial score (nSPS) is 15.0. The van der Waals surface area contributed by atoms with Crippen LogP contribution in [0.15, 0.2) is 219 Å². The van der Waals surface area contributed by atoms with Crippen LogP contribution in [0.1, 0.15) is 259 Å². The number of carbonyl (C=O) groups is 4. The average Bonchev–Trinajstić information content (AvgIpc) is 0.901. The van der Waals surface area contributed by atoms with Crippen molar-refractivity contribution in [1.29, 1.82) is 0 Å². The van der Waals surface area contributed by atoms with E-state index in [4.69, 9.17) is 37.0 Å². The zero-order chi connectivity index (χ0) is 78.9. The van der Waals surface area contributed by atoms with Crippen molar-refractivity contribution in [3.8, 4) is 0 Å². The van der Waals surface area contributed by atoms with Crippen LogP contribution in [-0.2, 0) is 65.4 Å². The zero-order valence-electron chi connectivity index (χ0n) is 66.2. The van der Waals surface area contributed by atoms with Crippen molar-refractivity contribution in [1.82, 2.24) is 0 Å². The van der Waals surface area contributed by atoms with Crippen LogP contribution >= 0.6 is 15.6 Å². The molecule has 0 fully saturated rings. The number of esters is 4. The van der Waals surface area contributed by atoms with Gasteiger partial charge in [-0.15, -0.1) is 0 Å². The second kappa shape index (κ2) is 78.5. The highest BCUT2D eigenvalue weighted by Crippen LogP contribution is 2.45. The van der Waals surface area contributed by atoms with Crippen LogP contribution in [-0.4, -0.2) is 96.7 Å². The van der Waals surface area contributed by atoms with Crippen molar-refractivity contribution in [3.63, 3.8) is 0 Å². The molecule has 0 rings (SSSR count). The van der Waals surface area contributed by atoms with Crippen molar-refractivity contribution in [3.05, 3.63) is 219 Å². The summed E-state index contributed by atoms with van der Waals surface area (Å²) < 4.78 is 68.4. The molecule has 0 aromatic heterocycles. The first-order chi connectivity index (χ1) is 52.7. The number of phosphoric acid groups is 2. The third-order valence-electron chi connectivity index (χ3n) is 15.5. The molecule has 0 saturated heterocycles. The Balaban J connectivity index is 5.56. The van der Waals surface area contributed by atoms with E-state index in [0.717, 1.165) is 173 Å². The van der Waals surface area contributed by atoms with E-state index in [9.17, 15) is 43.2 Å². The van der Waals surface area contributed by atoms with Gasteiger partial charge in [0.1, 0.15) is 19.3 Å². The molecule has 3 N–H and O–H groups in total. The Bertz CT molecular complexity index is 2910. The molecule has 17 nitrogen and oxygen atoms in total. The number of phosphoric ester groups is 2. The maximum atomic E-state index is 13.1. The van der Waals surface area contributed by atoms with Gasteiger partial charge in [0.2, 0.25) is 0 Å². The van der Waals surface area contributed by atoms with Gasteiger partial charge in [0.05, 0.1) is 32.8 Å². The fraction of sp³-hybridized carbons (Fsp3) is 0.551. The molecule has 0 aliphatic carbocycles. The number of rotatable bonds is 72. The van der Waals surface area contributed by atoms with Crippen LogP contribution in [0.2, 0.25) is 0 Å². The van der Waals surface area contributed by atoms with E-state index in [-0.39, 0.29) is 25.7 Å². The lowest BCUT2D eigenvalue weighted by Crippen LogP contribution is -2.30. The molecule has 108 heavy (non-hydrogen) atoms. The molecule has 0 aromatic carbocycles. The average molecular weight is 1540 g/mol. The van der Waals surface area contributed by atoms with E-state index >= 15 is 0 Å². The lowest BCUT2D eigenvalue weighted by atomic mass is 10.1. The molecule has 0 heterocycles. The van der Waals surface area contributed by atoms with Crippen molar-refractivity contribution < 1.29 is 80.2 Å². The zero-order valence-corrected chi connectivity index (χ0v) is 68.0. The summed E-state index contributed by atoms with van der Waals surface area (Å²) in [7, 11) is -10.0. The van der Waals surface area contributed by atoms with Gasteiger partial charge in [-0.25, -0.2) is 9.13 Å². The third-order valence-corrected chi connectivity index (χ3v) is 17.4. The Morgan fingerprint density at radius 1 is 0.269 bits per heavy atom. The third kappa shape index (κ3) is 77.5. The van der Waals surface area contributed by atoms with Crippen LogP contribution in [0, 0.1) is 0 Å². The highest BCUT2D eigenvalue weighted by Gasteiger charge is 2.30. The van der Waals surface area contributed by atoms with Gasteiger partial charge in [0.15, 0.2) is 12.2 Å². The van der Waals surface area contributed by atoms with Gasteiger partial charge >= 0.3 is 39.5 Å². The molecule has 0 saturated carbocycles. The Kier molecular flexibility index (Phi) is 73.7. The van der Waals surface area contributed by atoms with Crippen molar-refractivity contribution in [2.24, 2.45) is 0 Å². The fourth-order valence-electron chi connectivity index (χ4n) is 9.56. The molecule has 5 unspecified atom stereocenters. The number of hydrogen-bond acceptors (Lipinski definition) is 15. The Morgan fingerprint density at radius 2 is 0.509 bits per heavy atom. The topological polar surface area (TPSA) is 237 Å². The Labute approximate surface area is 651 Å². The molecule has 0 aliphatic rings. The van der Waals surface area contributed by atoms with Crippen LogP contribution in [0.25, 0.3) is 0 Å². The van der Waals surface area contributed by atoms with E-state index in [1.165, 1.54) is 0 Å². The Morgan fingerprint density at radius 3 is 0.833 bits per heavy atom. The number of hydrogen-bond donors (Lipinski definition) is 3. The number of aliphatic hydroxyl groups excluding tert-OH is 1. The maximum Gasteiger partial charge on any atom is 0.472 e. The Hall–Kier alpha value is -6.62. The second-order valence-electron chi connectivity index (χ2n) is 25.5. The van der Waals surface area contributed by atoms with Crippen LogP contribution in [0.5, 0.6) is 0 Å². The summed E-state index contributed by atoms with van der Waals surface area (Å²) in [6.45, 7) is 4.14. The number of ether oxygens (including phenoxy) is 4. The van der Waals surface area contributed by atoms with Crippen molar-refractivity contribution in [2.45, 2.75) is 277 Å². The van der Waals surface area contributed by atoms with Crippen molar-refractivity contribution in [2.75, 3.05) is 39.6 Å². The minimum absolute atomic E-state index is 0.00683. The SMILES string of the molecule is CC/C=C\C/C=C\C/C=C\C/C=C\C/C=C\C/C=C\CCC(=O)OCC(COP(=O)(O)OCC(O)COP(=O)(O)OCC(COC(=O)CCCCCC/C=C\C/C=C\C/C=C\C/C=C\CC)OC(=O)CCCCCCCCC/C=C\C/C=C\C/C=C\CC)OC(=O)C/C=C\C/C=C\C/C=C\C/C=C\C/C=C\CC. The molecule has 0 spiro atoms. The molecule has 606 valence electrons. The van der Waals surface area contributed by atoms with E-state index in [1.54, 1.807) is 12.2 Å². The predicted octanol–water partition coefficient (Wildman–Crippen LogP) is 23.7. The quantitative estimate of drug-likeness (QED) is 0.0169. The predicted molar refractivity (Wildman–Crippen MR) is 445 cm³/mol. The monoisotopic (exact) mass is 1540 g/mol. The molecule has 0 aliphatic heterocycles. The van der Waals surface area contributed by atoms with Gasteiger partial charge in [-0.2, -0.15) is 0 Å². The number of unbranched alkanes of at least 4 members (excludes halogenated alkanes) is 11. The summed E-state index contributed by atoms with van der Waals surface area (Å²) in [5.74, 6) is -2.49. The molecule has 19 heteroatoms. The van der Waals surface area contributed by atoms with Gasteiger partial charge in [0, 0.05) is 19.3 Å². The first kappa shape index (κ1) is 101. The smallest absolute Gasteiger partial charge is 0.462 e. The van der Waals surface area contributed by atoms with Gasteiger partial charge in [-0.1, -0.05) is 291 Å². The van der Waals surface area contributed by atoms with Gasteiger partial charge < -0.3 is 33.8 Å². The van der Waals surface area contributed by atoms with Crippen LogP contribution < -0.4 is 0 Å². The maximum absolute atomic E-state index is 13.1. The summed E-state index contributed by atoms with van der Waals surface area (Å²) in [6.07, 6.45) is 99.6. The number of carbonyl (C=O) groups excluding carboxylic acids is 4. The first-order valence-corrected chi connectivity index (χ1v) is 43.0. The summed E-state index contributed by atoms with van der Waals surface area (Å²) in [6, 6.07) is 0. The number of allylic oxidation sites excluding steroid dienone is 35. The molecule has 0 amide bonds. The summed E-state index contributed by atoms with van der Waals surface area (Å²) in [5.41, 5.74) is 0. The summed E-state index contributed by atoms with van der Waals surface area (Å²) in [4.78, 5) is 73.0. The fourth-order valence-corrected chi connectivity index (χ4v) is 11.1. The van der Waals surface area contributed by atoms with E-state index in [0.29, 0.717) is 32.1 Å². The lowest BCUT2D eigenvalue weighted by Gasteiger charge is -2.21. The molecule has 0 radical (unpaired) electrons. The van der Waals surface area contributed by atoms with E-state index < -0.39 is 97.5 Å². The van der Waals surface area contributed by atoms with Crippen LogP contribution in [0.3, 0.4) is 0 Å².